The Hall–Kier alpha value is -1.20. The number of hydrogen-bond donors (Lipinski definition) is 3. The highest BCUT2D eigenvalue weighted by Crippen LogP contribution is 2.34. The summed E-state index contributed by atoms with van der Waals surface area (Å²) >= 11 is 0. The van der Waals surface area contributed by atoms with E-state index in [1.807, 2.05) is 6.08 Å². The van der Waals surface area contributed by atoms with Crippen molar-refractivity contribution in [3.05, 3.63) is 12.2 Å². The molecule has 0 aliphatic heterocycles. The maximum Gasteiger partial charge on any atom is 0.303 e. The number of aliphatic hydroxyl groups excluding tert-OH is 2. The number of carboxylic acid groups (broad SMARTS) is 1. The fourth-order valence-corrected chi connectivity index (χ4v) is 3.90. The van der Waals surface area contributed by atoms with Gasteiger partial charge in [-0.15, -0.1) is 0 Å². The van der Waals surface area contributed by atoms with Crippen LogP contribution in [0.5, 0.6) is 0 Å². The maximum atomic E-state index is 12.2. The molecule has 5 heteroatoms. The Kier molecular flexibility index (Phi) is 12.3. The maximum absolute atomic E-state index is 12.2. The highest BCUT2D eigenvalue weighted by molar-refractivity contribution is 5.84. The van der Waals surface area contributed by atoms with Crippen LogP contribution in [0.4, 0.5) is 0 Å². The van der Waals surface area contributed by atoms with E-state index >= 15 is 0 Å². The van der Waals surface area contributed by atoms with Gasteiger partial charge in [0.15, 0.2) is 0 Å². The Morgan fingerprint density at radius 1 is 1.11 bits per heavy atom. The van der Waals surface area contributed by atoms with Crippen molar-refractivity contribution in [3.63, 3.8) is 0 Å². The number of ketones is 1. The van der Waals surface area contributed by atoms with E-state index in [1.54, 1.807) is 6.08 Å². The Morgan fingerprint density at radius 2 is 1.78 bits per heavy atom. The predicted molar refractivity (Wildman–Crippen MR) is 106 cm³/mol. The summed E-state index contributed by atoms with van der Waals surface area (Å²) in [5, 5.41) is 28.8. The minimum absolute atomic E-state index is 0.133. The Bertz CT molecular complexity index is 460. The molecule has 0 aromatic rings. The molecule has 156 valence electrons. The first-order valence-electron chi connectivity index (χ1n) is 10.7. The van der Waals surface area contributed by atoms with Crippen LogP contribution in [-0.4, -0.2) is 39.3 Å². The largest absolute Gasteiger partial charge is 0.481 e. The molecular formula is C22H38O5. The first-order valence-corrected chi connectivity index (χ1v) is 10.7. The molecule has 0 bridgehead atoms. The highest BCUT2D eigenvalue weighted by Gasteiger charge is 2.39. The van der Waals surface area contributed by atoms with Crippen LogP contribution in [0.25, 0.3) is 0 Å². The second-order valence-electron chi connectivity index (χ2n) is 7.92. The fraction of sp³-hybridized carbons (Fsp3) is 0.818. The van der Waals surface area contributed by atoms with Crippen molar-refractivity contribution in [2.45, 2.75) is 103 Å². The second kappa shape index (κ2) is 13.9. The predicted octanol–water partition coefficient (Wildman–Crippen LogP) is 4.26. The highest BCUT2D eigenvalue weighted by atomic mass is 16.4. The molecule has 0 saturated heterocycles. The zero-order chi connectivity index (χ0) is 20.1. The third-order valence-electron chi connectivity index (χ3n) is 5.55. The summed E-state index contributed by atoms with van der Waals surface area (Å²) in [6.07, 6.45) is 13.4. The Morgan fingerprint density at radius 3 is 2.44 bits per heavy atom. The van der Waals surface area contributed by atoms with Crippen molar-refractivity contribution in [1.82, 2.24) is 0 Å². The molecule has 27 heavy (non-hydrogen) atoms. The topological polar surface area (TPSA) is 94.8 Å². The first-order chi connectivity index (χ1) is 13.0. The summed E-state index contributed by atoms with van der Waals surface area (Å²) in [4.78, 5) is 22.7. The lowest BCUT2D eigenvalue weighted by Gasteiger charge is -2.18. The second-order valence-corrected chi connectivity index (χ2v) is 7.92. The number of aliphatic hydroxyl groups is 2. The molecule has 5 nitrogen and oxygen atoms in total. The van der Waals surface area contributed by atoms with Crippen LogP contribution in [0, 0.1) is 11.8 Å². The smallest absolute Gasteiger partial charge is 0.303 e. The lowest BCUT2D eigenvalue weighted by Crippen LogP contribution is -2.19. The van der Waals surface area contributed by atoms with Gasteiger partial charge < -0.3 is 15.3 Å². The number of rotatable bonds is 15. The van der Waals surface area contributed by atoms with Crippen LogP contribution >= 0.6 is 0 Å². The number of carbonyl (C=O) groups excluding carboxylic acids is 1. The van der Waals surface area contributed by atoms with E-state index in [0.717, 1.165) is 70.6 Å². The third kappa shape index (κ3) is 10.1. The molecule has 3 N–H and O–H groups in total. The van der Waals surface area contributed by atoms with E-state index in [9.17, 15) is 19.8 Å². The molecule has 4 atom stereocenters. The molecular weight excluding hydrogens is 344 g/mol. The first kappa shape index (κ1) is 23.8. The van der Waals surface area contributed by atoms with Crippen LogP contribution in [0.15, 0.2) is 12.2 Å². The molecule has 1 rings (SSSR count). The SMILES string of the molecule is CCCCCC(O)/C=C/[C@H]1C(O)CC(=O)[C@@H]1CCCCCCCCC(=O)O. The molecule has 0 radical (unpaired) electrons. The average Bonchev–Trinajstić information content (AvgIpc) is 2.88. The van der Waals surface area contributed by atoms with Gasteiger partial charge in [-0.05, 0) is 19.3 Å². The molecule has 1 aliphatic rings. The Balaban J connectivity index is 2.30. The molecule has 1 saturated carbocycles. The van der Waals surface area contributed by atoms with E-state index in [2.05, 4.69) is 6.92 Å². The van der Waals surface area contributed by atoms with Crippen LogP contribution < -0.4 is 0 Å². The molecule has 0 amide bonds. The van der Waals surface area contributed by atoms with Crippen LogP contribution in [0.1, 0.15) is 90.4 Å². The minimum atomic E-state index is -0.733. The van der Waals surface area contributed by atoms with Gasteiger partial charge in [0.25, 0.3) is 0 Å². The number of Topliss-reactive ketones (excluding diaryl/α,β-unsaturated/α-hetero) is 1. The molecule has 2 unspecified atom stereocenters. The van der Waals surface area contributed by atoms with Gasteiger partial charge in [0.1, 0.15) is 5.78 Å². The van der Waals surface area contributed by atoms with Gasteiger partial charge in [0, 0.05) is 24.7 Å². The van der Waals surface area contributed by atoms with Crippen molar-refractivity contribution >= 4 is 11.8 Å². The molecule has 1 fully saturated rings. The van der Waals surface area contributed by atoms with Crippen LogP contribution in [0.3, 0.4) is 0 Å². The summed E-state index contributed by atoms with van der Waals surface area (Å²) in [6.45, 7) is 2.13. The summed E-state index contributed by atoms with van der Waals surface area (Å²) < 4.78 is 0. The van der Waals surface area contributed by atoms with Gasteiger partial charge in [0.2, 0.25) is 0 Å². The normalized spacial score (nSPS) is 24.0. The molecule has 0 spiro atoms. The standard InChI is InChI=1S/C22H38O5/c1-2-3-8-11-17(23)14-15-19-18(20(24)16-21(19)25)12-9-6-4-5-7-10-13-22(26)27/h14-15,17-19,21,23,25H,2-13,16H2,1H3,(H,26,27)/b15-14+/t17?,18-,19-,21?/m1/s1. The minimum Gasteiger partial charge on any atom is -0.481 e. The summed E-state index contributed by atoms with van der Waals surface area (Å²) in [7, 11) is 0. The van der Waals surface area contributed by atoms with Crippen LogP contribution in [0.2, 0.25) is 0 Å². The quantitative estimate of drug-likeness (QED) is 0.291. The lowest BCUT2D eigenvalue weighted by molar-refractivity contribution is -0.137. The molecule has 0 aromatic heterocycles. The van der Waals surface area contributed by atoms with E-state index < -0.39 is 18.2 Å². The number of aliphatic carboxylic acids is 1. The Labute approximate surface area is 163 Å². The summed E-state index contributed by atoms with van der Waals surface area (Å²) in [5.74, 6) is -0.901. The van der Waals surface area contributed by atoms with E-state index in [4.69, 9.17) is 5.11 Å². The van der Waals surface area contributed by atoms with E-state index in [-0.39, 0.29) is 30.5 Å². The average molecular weight is 383 g/mol. The van der Waals surface area contributed by atoms with Crippen LogP contribution in [-0.2, 0) is 9.59 Å². The van der Waals surface area contributed by atoms with Gasteiger partial charge in [0.05, 0.1) is 12.2 Å². The van der Waals surface area contributed by atoms with Crippen molar-refractivity contribution in [1.29, 1.82) is 0 Å². The van der Waals surface area contributed by atoms with E-state index in [0.29, 0.717) is 0 Å². The van der Waals surface area contributed by atoms with Crippen molar-refractivity contribution in [2.24, 2.45) is 11.8 Å². The number of unbranched alkanes of at least 4 members (excludes halogenated alkanes) is 7. The van der Waals surface area contributed by atoms with Crippen molar-refractivity contribution in [2.75, 3.05) is 0 Å². The number of carbonyl (C=O) groups is 2. The molecule has 1 aliphatic carbocycles. The summed E-state index contributed by atoms with van der Waals surface area (Å²) in [6, 6.07) is 0. The van der Waals surface area contributed by atoms with Gasteiger partial charge >= 0.3 is 5.97 Å². The van der Waals surface area contributed by atoms with Gasteiger partial charge in [-0.25, -0.2) is 0 Å². The van der Waals surface area contributed by atoms with Crippen molar-refractivity contribution in [3.8, 4) is 0 Å². The van der Waals surface area contributed by atoms with Crippen molar-refractivity contribution < 1.29 is 24.9 Å². The monoisotopic (exact) mass is 382 g/mol. The summed E-state index contributed by atoms with van der Waals surface area (Å²) in [5.41, 5.74) is 0. The lowest BCUT2D eigenvalue weighted by atomic mass is 9.88. The van der Waals surface area contributed by atoms with Gasteiger partial charge in [-0.3, -0.25) is 9.59 Å². The number of hydrogen-bond acceptors (Lipinski definition) is 4. The zero-order valence-electron chi connectivity index (χ0n) is 16.8. The molecule has 0 heterocycles. The van der Waals surface area contributed by atoms with Gasteiger partial charge in [-0.1, -0.05) is 70.4 Å². The number of carboxylic acids is 1. The fourth-order valence-electron chi connectivity index (χ4n) is 3.90. The third-order valence-corrected chi connectivity index (χ3v) is 5.55. The molecule has 0 aromatic carbocycles. The zero-order valence-corrected chi connectivity index (χ0v) is 16.8. The van der Waals surface area contributed by atoms with E-state index in [1.165, 1.54) is 0 Å². The van der Waals surface area contributed by atoms with Gasteiger partial charge in [-0.2, -0.15) is 0 Å².